The van der Waals surface area contributed by atoms with Gasteiger partial charge < -0.3 is 19.9 Å². The molecular weight excluding hydrogens is 1390 g/mol. The Balaban J connectivity index is 0.00000450. The second-order valence-electron chi connectivity index (χ2n) is 26.7. The van der Waals surface area contributed by atoms with Gasteiger partial charge in [-0.05, 0) is 218 Å². The van der Waals surface area contributed by atoms with Crippen molar-refractivity contribution in [1.82, 2.24) is 29.9 Å². The van der Waals surface area contributed by atoms with Crippen LogP contribution in [0.15, 0.2) is 216 Å². The summed E-state index contributed by atoms with van der Waals surface area (Å²) >= 11 is 3.45. The molecule has 0 radical (unpaired) electrons. The van der Waals surface area contributed by atoms with Gasteiger partial charge in [0, 0.05) is 78.6 Å². The zero-order valence-electron chi connectivity index (χ0n) is 60.2. The zero-order chi connectivity index (χ0) is 70.7. The summed E-state index contributed by atoms with van der Waals surface area (Å²) in [5, 5.41) is 0. The molecule has 0 fully saturated rings. The molecule has 4 aliphatic rings. The molecule has 13 aromatic rings. The summed E-state index contributed by atoms with van der Waals surface area (Å²) < 4.78 is 0. The molecule has 498 valence electrons. The number of thioether (sulfide) groups is 2. The van der Waals surface area contributed by atoms with Crippen LogP contribution in [-0.2, 0) is 19.5 Å². The van der Waals surface area contributed by atoms with Gasteiger partial charge in [0.2, 0.25) is 22.8 Å². The second-order valence-corrected chi connectivity index (χ2v) is 28.5. The van der Waals surface area contributed by atoms with E-state index in [4.69, 9.17) is 29.9 Å². The Labute approximate surface area is 654 Å². The number of fused-ring (bicyclic) bond motifs is 16. The number of aryl methyl sites for hydroxylation is 6. The Morgan fingerprint density at radius 2 is 0.575 bits per heavy atom. The quantitative estimate of drug-likeness (QED) is 0.0840. The summed E-state index contributed by atoms with van der Waals surface area (Å²) in [5.41, 5.74) is 36.5. The van der Waals surface area contributed by atoms with Crippen molar-refractivity contribution < 1.29 is 29.4 Å². The molecule has 10 heterocycles. The van der Waals surface area contributed by atoms with Crippen LogP contribution in [-0.4, -0.2) is 45.5 Å². The average Bonchev–Trinajstić information content (AvgIpc) is 1.63. The third-order valence-corrected chi connectivity index (χ3v) is 21.3. The van der Waals surface area contributed by atoms with Crippen LogP contribution in [0, 0.1) is 65.2 Å². The fourth-order valence-electron chi connectivity index (χ4n) is 14.5. The van der Waals surface area contributed by atoms with Crippen molar-refractivity contribution in [3.8, 4) is 90.4 Å². The van der Waals surface area contributed by atoms with Crippen molar-refractivity contribution in [1.29, 1.82) is 0 Å². The van der Waals surface area contributed by atoms with Gasteiger partial charge in [-0.3, -0.25) is 0 Å². The van der Waals surface area contributed by atoms with Crippen molar-refractivity contribution >= 4 is 139 Å². The Bertz CT molecular complexity index is 6320. The van der Waals surface area contributed by atoms with E-state index in [1.807, 2.05) is 0 Å². The van der Waals surface area contributed by atoms with E-state index in [-0.39, 0.29) is 42.5 Å². The van der Waals surface area contributed by atoms with Gasteiger partial charge in [0.1, 0.15) is 0 Å². The second kappa shape index (κ2) is 29.8. The fraction of sp³-hybridized carbons (Fsp3) is 0.0851. The van der Waals surface area contributed by atoms with Gasteiger partial charge in [-0.2, -0.15) is 0 Å². The molecule has 106 heavy (non-hydrogen) atoms. The van der Waals surface area contributed by atoms with Gasteiger partial charge in [-0.25, -0.2) is 19.9 Å². The maximum absolute atomic E-state index is 5.55. The van der Waals surface area contributed by atoms with Crippen LogP contribution in [0.25, 0.3) is 160 Å². The molecule has 0 spiro atoms. The first-order valence-electron chi connectivity index (χ1n) is 34.8. The third-order valence-electron chi connectivity index (χ3n) is 19.8. The van der Waals surface area contributed by atoms with Gasteiger partial charge in [0.25, 0.3) is 0 Å². The van der Waals surface area contributed by atoms with Crippen molar-refractivity contribution in [3.05, 3.63) is 307 Å². The maximum Gasteiger partial charge on any atom is 2.00 e. The molecule has 0 aliphatic carbocycles. The molecule has 17 rings (SSSR count). The average molecular weight is 1460 g/mol. The molecule has 6 aromatic heterocycles. The topological polar surface area (TPSA) is 110 Å². The smallest absolute Gasteiger partial charge is 0.657 e. The van der Waals surface area contributed by atoms with Gasteiger partial charge in [0.15, 0.2) is 0 Å². The number of benzene rings is 7. The van der Waals surface area contributed by atoms with Gasteiger partial charge in [0.05, 0.1) is 22.8 Å². The predicted octanol–water partition coefficient (Wildman–Crippen LogP) is 20.7. The summed E-state index contributed by atoms with van der Waals surface area (Å²) in [4.78, 5) is 42.8. The van der Waals surface area contributed by atoms with E-state index in [2.05, 4.69) is 343 Å². The molecule has 0 saturated heterocycles. The number of hydrogen-bond donors (Lipinski definition) is 0. The molecular formula is C94H68MgN8S2Zn+2. The monoisotopic (exact) mass is 1460 g/mol. The molecule has 16 bridgehead atoms. The van der Waals surface area contributed by atoms with Crippen LogP contribution >= 0.6 is 23.5 Å². The molecule has 0 saturated carbocycles. The standard InChI is InChI=1S/C94H66N8S2.Mg.Zn/c1-55-9-11-61(12-10-55)13-14-62-17-23-65(24-18-62)89-76-41-37-72(95-76)59(5)73-38-42-77(96-73)90(80-46-49-83(100-80)92(82-48-45-79(89)99-82)68-29-33-70(103-7)34-30-68)66-25-19-63(20-26-66)15-16-64-21-27-67(28-22-64)91-78-43-39-74(97-78)60(6)75-40-44-86(98-75)94(88-57(3)53-56(2)54-58(88)4)87-52-51-85(102-87)93(84-50-47-81(91)101-84)69-31-35-71(104-8)36-32-69;;/h9-12,17-54H,1-8H3;;/q-4;2*+2/p+2. The molecule has 0 unspecified atom stereocenters. The van der Waals surface area contributed by atoms with Gasteiger partial charge in [-0.15, -0.1) is 67.7 Å². The minimum absolute atomic E-state index is 0. The van der Waals surface area contributed by atoms with Crippen LogP contribution in [0.3, 0.4) is 0 Å². The van der Waals surface area contributed by atoms with Crippen molar-refractivity contribution in [2.75, 3.05) is 12.5 Å². The first kappa shape index (κ1) is 70.6. The van der Waals surface area contributed by atoms with Crippen molar-refractivity contribution in [2.24, 2.45) is 0 Å². The van der Waals surface area contributed by atoms with Crippen molar-refractivity contribution in [3.63, 3.8) is 0 Å². The van der Waals surface area contributed by atoms with E-state index >= 15 is 0 Å². The van der Waals surface area contributed by atoms with E-state index in [1.165, 1.54) is 37.6 Å². The van der Waals surface area contributed by atoms with Crippen LogP contribution in [0.4, 0.5) is 0 Å². The van der Waals surface area contributed by atoms with Crippen LogP contribution in [0.1, 0.15) is 101 Å². The van der Waals surface area contributed by atoms with Crippen molar-refractivity contribution in [2.45, 2.75) is 51.3 Å². The summed E-state index contributed by atoms with van der Waals surface area (Å²) in [6.07, 6.45) is 21.3. The fourth-order valence-corrected chi connectivity index (χ4v) is 15.3. The van der Waals surface area contributed by atoms with Gasteiger partial charge >= 0.3 is 42.5 Å². The third kappa shape index (κ3) is 13.8. The zero-order valence-corrected chi connectivity index (χ0v) is 66.2. The molecule has 4 aliphatic heterocycles. The molecule has 2 N–H and O–H groups in total. The van der Waals surface area contributed by atoms with Crippen LogP contribution < -0.4 is 29.9 Å². The Kier molecular flexibility index (Phi) is 19.9. The number of H-pyrrole nitrogens is 2. The Morgan fingerprint density at radius 3 is 0.981 bits per heavy atom. The Hall–Kier alpha value is -11.1. The molecule has 12 heteroatoms. The minimum atomic E-state index is 0. The number of nitrogens with zero attached hydrogens (tertiary/aromatic N) is 6. The summed E-state index contributed by atoms with van der Waals surface area (Å²) in [6.45, 7) is 12.9. The number of aromatic amines is 2. The summed E-state index contributed by atoms with van der Waals surface area (Å²) in [7, 11) is 0. The number of aromatic nitrogens is 8. The molecule has 0 amide bonds. The number of nitrogens with one attached hydrogen (secondary N) is 2. The first-order valence-corrected chi connectivity index (χ1v) is 37.2. The van der Waals surface area contributed by atoms with E-state index in [0.717, 1.165) is 184 Å². The minimum Gasteiger partial charge on any atom is -0.657 e. The molecule has 7 aromatic carbocycles. The van der Waals surface area contributed by atoms with E-state index in [9.17, 15) is 0 Å². The molecule has 0 atom stereocenters. The largest absolute Gasteiger partial charge is 2.00 e. The van der Waals surface area contributed by atoms with Crippen LogP contribution in [0.2, 0.25) is 0 Å². The summed E-state index contributed by atoms with van der Waals surface area (Å²) in [5.74, 6) is 13.7. The van der Waals surface area contributed by atoms with E-state index < -0.39 is 0 Å². The van der Waals surface area contributed by atoms with E-state index in [0.29, 0.717) is 0 Å². The first-order chi connectivity index (χ1) is 50.8. The summed E-state index contributed by atoms with van der Waals surface area (Å²) in [6, 6.07) is 72.6. The normalized spacial score (nSPS) is 11.8. The number of rotatable bonds is 8. The number of hydrogen-bond acceptors (Lipinski definition) is 4. The van der Waals surface area contributed by atoms with Gasteiger partial charge in [-0.1, -0.05) is 168 Å². The SMILES string of the molecule is CSc1ccc(-c2c3nc(c(-c4ccc(C#Cc5ccc(C)cc5)cc4)c4ccc([n-]4)c(C)c4nc(c(-c5ccc(C#Cc6ccc(-c7c8[nH+]c(c(-c9ccc(SC)cc9)c9ccc([n-]9)c(-c9c(C)cc(C)cc9C)c9[nH+]c(c(C)c%10ccc7[n-]%10)C=C9)C=C8)cc6)cc5)c5ccc2[n-]5)C=C4)C=C3)cc1.[Mg+2].[Zn+2]. The molecule has 8 nitrogen and oxygen atoms in total. The Morgan fingerprint density at radius 1 is 0.283 bits per heavy atom. The predicted molar refractivity (Wildman–Crippen MR) is 440 cm³/mol. The maximum atomic E-state index is 5.55. The van der Waals surface area contributed by atoms with E-state index in [1.54, 1.807) is 23.5 Å². The van der Waals surface area contributed by atoms with Crippen LogP contribution in [0.5, 0.6) is 0 Å².